The fourth-order valence-corrected chi connectivity index (χ4v) is 1.52. The summed E-state index contributed by atoms with van der Waals surface area (Å²) in [5.41, 5.74) is 1.65. The standard InChI is InChI=1S/C12H13N5/c13-10-11-3-1-4-12(9-11)14-5-2-7-17-8-6-15-16-17/h1,3-4,6,8-9,14H,2,5,7H2. The molecule has 0 aliphatic carbocycles. The Kier molecular flexibility index (Phi) is 3.71. The topological polar surface area (TPSA) is 66.5 Å². The molecule has 0 fully saturated rings. The minimum absolute atomic E-state index is 0.672. The van der Waals surface area contributed by atoms with Crippen LogP contribution >= 0.6 is 0 Å². The number of nitrogens with zero attached hydrogens (tertiary/aromatic N) is 4. The van der Waals surface area contributed by atoms with Gasteiger partial charge in [0.2, 0.25) is 0 Å². The first-order chi connectivity index (χ1) is 8.38. The number of nitriles is 1. The number of aryl methyl sites for hydroxylation is 1. The Morgan fingerprint density at radius 2 is 2.35 bits per heavy atom. The van der Waals surface area contributed by atoms with Crippen molar-refractivity contribution in [2.45, 2.75) is 13.0 Å². The van der Waals surface area contributed by atoms with Gasteiger partial charge in [0.25, 0.3) is 0 Å². The summed E-state index contributed by atoms with van der Waals surface area (Å²) in [7, 11) is 0. The first-order valence-corrected chi connectivity index (χ1v) is 5.46. The van der Waals surface area contributed by atoms with Crippen molar-refractivity contribution in [1.29, 1.82) is 5.26 Å². The molecular formula is C12H13N5. The van der Waals surface area contributed by atoms with Gasteiger partial charge in [0, 0.05) is 25.0 Å². The molecule has 0 spiro atoms. The maximum absolute atomic E-state index is 8.76. The summed E-state index contributed by atoms with van der Waals surface area (Å²) in [6.07, 6.45) is 4.47. The Balaban J connectivity index is 1.76. The summed E-state index contributed by atoms with van der Waals surface area (Å²) in [6.45, 7) is 1.68. The van der Waals surface area contributed by atoms with Gasteiger partial charge in [0.05, 0.1) is 17.8 Å². The molecule has 0 saturated carbocycles. The first kappa shape index (κ1) is 11.1. The van der Waals surface area contributed by atoms with E-state index < -0.39 is 0 Å². The zero-order valence-electron chi connectivity index (χ0n) is 9.37. The van der Waals surface area contributed by atoms with Crippen LogP contribution in [0.5, 0.6) is 0 Å². The predicted molar refractivity (Wildman–Crippen MR) is 64.3 cm³/mol. The predicted octanol–water partition coefficient (Wildman–Crippen LogP) is 1.65. The fraction of sp³-hybridized carbons (Fsp3) is 0.250. The van der Waals surface area contributed by atoms with Crippen molar-refractivity contribution in [3.63, 3.8) is 0 Å². The molecule has 1 aromatic carbocycles. The van der Waals surface area contributed by atoms with E-state index in [-0.39, 0.29) is 0 Å². The number of anilines is 1. The molecule has 0 saturated heterocycles. The van der Waals surface area contributed by atoms with E-state index in [1.807, 2.05) is 24.4 Å². The molecule has 0 bridgehead atoms. The maximum atomic E-state index is 8.76. The van der Waals surface area contributed by atoms with E-state index in [9.17, 15) is 0 Å². The van der Waals surface area contributed by atoms with Crippen LogP contribution in [0.1, 0.15) is 12.0 Å². The van der Waals surface area contributed by atoms with Crippen molar-refractivity contribution in [2.24, 2.45) is 0 Å². The van der Waals surface area contributed by atoms with Crippen molar-refractivity contribution >= 4 is 5.69 Å². The number of benzene rings is 1. The van der Waals surface area contributed by atoms with Gasteiger partial charge in [-0.1, -0.05) is 11.3 Å². The van der Waals surface area contributed by atoms with E-state index >= 15 is 0 Å². The van der Waals surface area contributed by atoms with Crippen LogP contribution < -0.4 is 5.32 Å². The molecule has 2 aromatic rings. The Morgan fingerprint density at radius 3 is 3.12 bits per heavy atom. The van der Waals surface area contributed by atoms with Crippen LogP contribution in [0.2, 0.25) is 0 Å². The Bertz CT molecular complexity index is 498. The van der Waals surface area contributed by atoms with Gasteiger partial charge in [0.1, 0.15) is 0 Å². The van der Waals surface area contributed by atoms with E-state index in [1.165, 1.54) is 0 Å². The molecule has 0 aliphatic heterocycles. The van der Waals surface area contributed by atoms with E-state index in [1.54, 1.807) is 16.9 Å². The van der Waals surface area contributed by atoms with Gasteiger partial charge >= 0.3 is 0 Å². The molecular weight excluding hydrogens is 214 g/mol. The molecule has 1 aromatic heterocycles. The Morgan fingerprint density at radius 1 is 1.41 bits per heavy atom. The third-order valence-corrected chi connectivity index (χ3v) is 2.36. The maximum Gasteiger partial charge on any atom is 0.0992 e. The van der Waals surface area contributed by atoms with Gasteiger partial charge < -0.3 is 5.32 Å². The van der Waals surface area contributed by atoms with Crippen molar-refractivity contribution < 1.29 is 0 Å². The second-order valence-corrected chi connectivity index (χ2v) is 3.64. The third kappa shape index (κ3) is 3.31. The lowest BCUT2D eigenvalue weighted by Crippen LogP contribution is -2.07. The average Bonchev–Trinajstić information content (AvgIpc) is 2.88. The van der Waals surface area contributed by atoms with E-state index in [0.717, 1.165) is 25.2 Å². The van der Waals surface area contributed by atoms with Crippen LogP contribution in [0, 0.1) is 11.3 Å². The summed E-state index contributed by atoms with van der Waals surface area (Å²) in [5, 5.41) is 19.7. The highest BCUT2D eigenvalue weighted by Crippen LogP contribution is 2.09. The number of nitrogens with one attached hydrogen (secondary N) is 1. The van der Waals surface area contributed by atoms with Crippen LogP contribution in [-0.4, -0.2) is 21.5 Å². The van der Waals surface area contributed by atoms with Crippen molar-refractivity contribution in [1.82, 2.24) is 15.0 Å². The van der Waals surface area contributed by atoms with E-state index in [0.29, 0.717) is 5.56 Å². The van der Waals surface area contributed by atoms with Gasteiger partial charge in [-0.3, -0.25) is 4.68 Å². The molecule has 0 amide bonds. The summed E-state index contributed by atoms with van der Waals surface area (Å²) in [5.74, 6) is 0. The number of aromatic nitrogens is 3. The third-order valence-electron chi connectivity index (χ3n) is 2.36. The van der Waals surface area contributed by atoms with E-state index in [2.05, 4.69) is 21.7 Å². The van der Waals surface area contributed by atoms with Crippen LogP contribution in [0.3, 0.4) is 0 Å². The molecule has 17 heavy (non-hydrogen) atoms. The molecule has 0 unspecified atom stereocenters. The molecule has 0 atom stereocenters. The van der Waals surface area contributed by atoms with Gasteiger partial charge in [0.15, 0.2) is 0 Å². The SMILES string of the molecule is N#Cc1cccc(NCCCn2ccnn2)c1. The lowest BCUT2D eigenvalue weighted by Gasteiger charge is -2.06. The normalized spacial score (nSPS) is 9.82. The van der Waals surface area contributed by atoms with E-state index in [4.69, 9.17) is 5.26 Å². The van der Waals surface area contributed by atoms with Gasteiger partial charge in [-0.05, 0) is 24.6 Å². The van der Waals surface area contributed by atoms with Crippen LogP contribution in [0.25, 0.3) is 0 Å². The summed E-state index contributed by atoms with van der Waals surface area (Å²) >= 11 is 0. The highest BCUT2D eigenvalue weighted by molar-refractivity contribution is 5.48. The lowest BCUT2D eigenvalue weighted by molar-refractivity contribution is 0.570. The number of hydrogen-bond acceptors (Lipinski definition) is 4. The largest absolute Gasteiger partial charge is 0.385 e. The Hall–Kier alpha value is -2.35. The fourth-order valence-electron chi connectivity index (χ4n) is 1.52. The van der Waals surface area contributed by atoms with Crippen molar-refractivity contribution in [3.05, 3.63) is 42.2 Å². The Labute approximate surface area is 99.7 Å². The molecule has 1 N–H and O–H groups in total. The van der Waals surface area contributed by atoms with Gasteiger partial charge in [-0.25, -0.2) is 0 Å². The zero-order chi connectivity index (χ0) is 11.9. The monoisotopic (exact) mass is 227 g/mol. The highest BCUT2D eigenvalue weighted by atomic mass is 15.4. The molecule has 5 heteroatoms. The average molecular weight is 227 g/mol. The second-order valence-electron chi connectivity index (χ2n) is 3.64. The molecule has 1 heterocycles. The minimum atomic E-state index is 0.672. The van der Waals surface area contributed by atoms with Crippen molar-refractivity contribution in [2.75, 3.05) is 11.9 Å². The quantitative estimate of drug-likeness (QED) is 0.789. The van der Waals surface area contributed by atoms with Crippen LogP contribution in [-0.2, 0) is 6.54 Å². The van der Waals surface area contributed by atoms with Gasteiger partial charge in [-0.15, -0.1) is 5.10 Å². The first-order valence-electron chi connectivity index (χ1n) is 5.46. The summed E-state index contributed by atoms with van der Waals surface area (Å²) in [4.78, 5) is 0. The molecule has 5 nitrogen and oxygen atoms in total. The molecule has 86 valence electrons. The highest BCUT2D eigenvalue weighted by Gasteiger charge is 1.95. The smallest absolute Gasteiger partial charge is 0.0992 e. The second kappa shape index (κ2) is 5.66. The molecule has 2 rings (SSSR count). The summed E-state index contributed by atoms with van der Waals surface area (Å²) < 4.78 is 1.80. The summed E-state index contributed by atoms with van der Waals surface area (Å²) in [6, 6.07) is 9.58. The van der Waals surface area contributed by atoms with Crippen LogP contribution in [0.4, 0.5) is 5.69 Å². The van der Waals surface area contributed by atoms with Crippen LogP contribution in [0.15, 0.2) is 36.7 Å². The molecule has 0 aliphatic rings. The number of rotatable bonds is 5. The number of hydrogen-bond donors (Lipinski definition) is 1. The zero-order valence-corrected chi connectivity index (χ0v) is 9.37. The van der Waals surface area contributed by atoms with Crippen molar-refractivity contribution in [3.8, 4) is 6.07 Å². The molecule has 0 radical (unpaired) electrons. The van der Waals surface area contributed by atoms with Gasteiger partial charge in [-0.2, -0.15) is 5.26 Å². The minimum Gasteiger partial charge on any atom is -0.385 e. The lowest BCUT2D eigenvalue weighted by atomic mass is 10.2.